The van der Waals surface area contributed by atoms with E-state index in [0.717, 1.165) is 11.3 Å². The number of rotatable bonds is 0. The largest absolute Gasteiger partial charge is 0.260 e. The molecule has 0 N–H and O–H groups in total. The molecule has 1 heterocycles. The van der Waals surface area contributed by atoms with Crippen LogP contribution in [0, 0.1) is 25.2 Å². The van der Waals surface area contributed by atoms with E-state index in [1.165, 1.54) is 0 Å². The molecule has 0 aliphatic rings. The van der Waals surface area contributed by atoms with Crippen LogP contribution in [-0.4, -0.2) is 4.98 Å². The molecule has 1 aromatic rings. The summed E-state index contributed by atoms with van der Waals surface area (Å²) >= 11 is 0. The van der Waals surface area contributed by atoms with Crippen LogP contribution in [0.25, 0.3) is 0 Å². The van der Waals surface area contributed by atoms with Crippen molar-refractivity contribution in [1.29, 1.82) is 5.26 Å². The van der Waals surface area contributed by atoms with E-state index in [1.807, 2.05) is 39.8 Å². The number of nitrogens with zero attached hydrogens (tertiary/aromatic N) is 2. The fraction of sp³-hybridized carbons (Fsp3) is 0.400. The van der Waals surface area contributed by atoms with Crippen LogP contribution in [0.4, 0.5) is 0 Å². The topological polar surface area (TPSA) is 36.7 Å². The lowest BCUT2D eigenvalue weighted by molar-refractivity contribution is 1.14. The standard InChI is InChI=1S/C8H8N2.C2H6/c1-6-3-8(4-9)5-10-7(6)2;1-2/h3,5H,1-2H3;1-2H3. The van der Waals surface area contributed by atoms with Crippen molar-refractivity contribution >= 4 is 0 Å². The highest BCUT2D eigenvalue weighted by Gasteiger charge is 1.94. The highest BCUT2D eigenvalue weighted by molar-refractivity contribution is 5.31. The van der Waals surface area contributed by atoms with E-state index in [4.69, 9.17) is 5.26 Å². The molecule has 2 nitrogen and oxygen atoms in total. The normalized spacial score (nSPS) is 7.92. The van der Waals surface area contributed by atoms with Crippen LogP contribution >= 0.6 is 0 Å². The van der Waals surface area contributed by atoms with Crippen molar-refractivity contribution in [2.75, 3.05) is 0 Å². The average Bonchev–Trinajstić information content (AvgIpc) is 2.13. The Labute approximate surface area is 73.9 Å². The summed E-state index contributed by atoms with van der Waals surface area (Å²) in [6.07, 6.45) is 1.59. The number of aryl methyl sites for hydroxylation is 2. The SMILES string of the molecule is CC.Cc1cc(C#N)cnc1C. The maximum absolute atomic E-state index is 8.46. The maximum Gasteiger partial charge on any atom is 0.101 e. The first-order chi connectivity index (χ1) is 5.74. The molecule has 12 heavy (non-hydrogen) atoms. The summed E-state index contributed by atoms with van der Waals surface area (Å²) in [6, 6.07) is 3.87. The minimum atomic E-state index is 0.628. The van der Waals surface area contributed by atoms with Crippen molar-refractivity contribution in [2.45, 2.75) is 27.7 Å². The van der Waals surface area contributed by atoms with E-state index in [0.29, 0.717) is 5.56 Å². The van der Waals surface area contributed by atoms with E-state index in [-0.39, 0.29) is 0 Å². The second kappa shape index (κ2) is 5.31. The Balaban J connectivity index is 0.000000561. The van der Waals surface area contributed by atoms with Gasteiger partial charge in [0, 0.05) is 11.9 Å². The fourth-order valence-corrected chi connectivity index (χ4v) is 0.704. The monoisotopic (exact) mass is 162 g/mol. The van der Waals surface area contributed by atoms with Gasteiger partial charge in [0.25, 0.3) is 0 Å². The van der Waals surface area contributed by atoms with Crippen molar-refractivity contribution in [3.63, 3.8) is 0 Å². The quantitative estimate of drug-likeness (QED) is 0.588. The van der Waals surface area contributed by atoms with Gasteiger partial charge in [-0.05, 0) is 25.5 Å². The minimum Gasteiger partial charge on any atom is -0.260 e. The van der Waals surface area contributed by atoms with Gasteiger partial charge in [0.15, 0.2) is 0 Å². The van der Waals surface area contributed by atoms with Gasteiger partial charge in [0.2, 0.25) is 0 Å². The predicted octanol–water partition coefficient (Wildman–Crippen LogP) is 2.60. The summed E-state index contributed by atoms with van der Waals surface area (Å²) in [7, 11) is 0. The Morgan fingerprint density at radius 2 is 1.92 bits per heavy atom. The van der Waals surface area contributed by atoms with Gasteiger partial charge >= 0.3 is 0 Å². The van der Waals surface area contributed by atoms with Crippen LogP contribution < -0.4 is 0 Å². The van der Waals surface area contributed by atoms with E-state index >= 15 is 0 Å². The molecular weight excluding hydrogens is 148 g/mol. The van der Waals surface area contributed by atoms with Crippen LogP contribution in [0.2, 0.25) is 0 Å². The van der Waals surface area contributed by atoms with Crippen molar-refractivity contribution in [1.82, 2.24) is 4.98 Å². The van der Waals surface area contributed by atoms with Gasteiger partial charge in [-0.15, -0.1) is 0 Å². The molecule has 2 heteroatoms. The molecule has 64 valence electrons. The van der Waals surface area contributed by atoms with Crippen molar-refractivity contribution in [3.8, 4) is 6.07 Å². The number of hydrogen-bond donors (Lipinski definition) is 0. The molecule has 0 aliphatic carbocycles. The zero-order valence-electron chi connectivity index (χ0n) is 8.05. The first-order valence-electron chi connectivity index (χ1n) is 4.07. The number of pyridine rings is 1. The van der Waals surface area contributed by atoms with Crippen LogP contribution in [-0.2, 0) is 0 Å². The summed E-state index contributed by atoms with van der Waals surface area (Å²) in [5, 5.41) is 8.46. The Kier molecular flexibility index (Phi) is 4.71. The Morgan fingerprint density at radius 3 is 2.33 bits per heavy atom. The summed E-state index contributed by atoms with van der Waals surface area (Å²) in [4.78, 5) is 4.03. The first kappa shape index (κ1) is 10.6. The molecule has 0 bridgehead atoms. The van der Waals surface area contributed by atoms with Crippen molar-refractivity contribution in [3.05, 3.63) is 29.1 Å². The molecule has 0 amide bonds. The summed E-state index contributed by atoms with van der Waals surface area (Å²) in [5.74, 6) is 0. The molecule has 0 radical (unpaired) electrons. The molecule has 0 spiro atoms. The summed E-state index contributed by atoms with van der Waals surface area (Å²) < 4.78 is 0. The number of hydrogen-bond acceptors (Lipinski definition) is 2. The lowest BCUT2D eigenvalue weighted by atomic mass is 10.2. The van der Waals surface area contributed by atoms with E-state index in [2.05, 4.69) is 4.98 Å². The second-order valence-electron chi connectivity index (χ2n) is 2.24. The third kappa shape index (κ3) is 2.71. The van der Waals surface area contributed by atoms with E-state index in [9.17, 15) is 0 Å². The van der Waals surface area contributed by atoms with Crippen molar-refractivity contribution in [2.24, 2.45) is 0 Å². The van der Waals surface area contributed by atoms with Gasteiger partial charge in [0.1, 0.15) is 6.07 Å². The van der Waals surface area contributed by atoms with Gasteiger partial charge in [-0.2, -0.15) is 5.26 Å². The first-order valence-corrected chi connectivity index (χ1v) is 4.07. The average molecular weight is 162 g/mol. The molecule has 1 rings (SSSR count). The molecule has 0 saturated heterocycles. The number of aromatic nitrogens is 1. The highest BCUT2D eigenvalue weighted by atomic mass is 14.7. The molecule has 0 aromatic carbocycles. The summed E-state index contributed by atoms with van der Waals surface area (Å²) in [6.45, 7) is 7.87. The van der Waals surface area contributed by atoms with Crippen LogP contribution in [0.1, 0.15) is 30.7 Å². The van der Waals surface area contributed by atoms with Crippen LogP contribution in [0.5, 0.6) is 0 Å². The molecule has 0 fully saturated rings. The lowest BCUT2D eigenvalue weighted by Gasteiger charge is -1.95. The molecule has 0 atom stereocenters. The summed E-state index contributed by atoms with van der Waals surface area (Å²) in [5.41, 5.74) is 2.68. The molecule has 0 unspecified atom stereocenters. The van der Waals surface area contributed by atoms with Crippen LogP contribution in [0.15, 0.2) is 12.3 Å². The molecule has 0 saturated carbocycles. The highest BCUT2D eigenvalue weighted by Crippen LogP contribution is 2.04. The molecular formula is C10H14N2. The second-order valence-corrected chi connectivity index (χ2v) is 2.24. The zero-order valence-corrected chi connectivity index (χ0v) is 8.05. The lowest BCUT2D eigenvalue weighted by Crippen LogP contribution is -1.86. The molecule has 0 aliphatic heterocycles. The maximum atomic E-state index is 8.46. The zero-order chi connectivity index (χ0) is 9.56. The van der Waals surface area contributed by atoms with E-state index in [1.54, 1.807) is 6.20 Å². The smallest absolute Gasteiger partial charge is 0.101 e. The Bertz CT molecular complexity index is 284. The van der Waals surface area contributed by atoms with Crippen LogP contribution in [0.3, 0.4) is 0 Å². The number of nitriles is 1. The Morgan fingerprint density at radius 1 is 1.33 bits per heavy atom. The van der Waals surface area contributed by atoms with E-state index < -0.39 is 0 Å². The molecule has 1 aromatic heterocycles. The van der Waals surface area contributed by atoms with Gasteiger partial charge in [-0.25, -0.2) is 0 Å². The predicted molar refractivity (Wildman–Crippen MR) is 49.8 cm³/mol. The third-order valence-corrected chi connectivity index (χ3v) is 1.47. The van der Waals surface area contributed by atoms with Gasteiger partial charge in [0.05, 0.1) is 5.56 Å². The van der Waals surface area contributed by atoms with Crippen molar-refractivity contribution < 1.29 is 0 Å². The van der Waals surface area contributed by atoms with Gasteiger partial charge in [-0.3, -0.25) is 4.98 Å². The van der Waals surface area contributed by atoms with Gasteiger partial charge in [-0.1, -0.05) is 13.8 Å². The fourth-order valence-electron chi connectivity index (χ4n) is 0.704. The Hall–Kier alpha value is -1.36. The van der Waals surface area contributed by atoms with Gasteiger partial charge < -0.3 is 0 Å². The minimum absolute atomic E-state index is 0.628. The third-order valence-electron chi connectivity index (χ3n) is 1.47.